The maximum atomic E-state index is 12.4. The average Bonchev–Trinajstić information content (AvgIpc) is 3.04. The number of carbonyl (C=O) groups is 2. The quantitative estimate of drug-likeness (QED) is 0.739. The third-order valence-electron chi connectivity index (χ3n) is 6.43. The molecule has 0 amide bonds. The average molecular weight is 310 g/mol. The molecule has 0 aromatic heterocycles. The summed E-state index contributed by atoms with van der Waals surface area (Å²) in [5.41, 5.74) is -0.707. The second kappa shape index (κ2) is 7.01. The zero-order valence-electron chi connectivity index (χ0n) is 13.9. The van der Waals surface area contributed by atoms with E-state index in [0.29, 0.717) is 24.7 Å². The molecule has 0 aromatic rings. The van der Waals surface area contributed by atoms with E-state index in [1.165, 1.54) is 0 Å². The van der Waals surface area contributed by atoms with Crippen LogP contribution in [0.15, 0.2) is 0 Å². The minimum absolute atomic E-state index is 0.0806. The molecule has 2 aliphatic rings. The lowest BCUT2D eigenvalue weighted by atomic mass is 9.58. The minimum Gasteiger partial charge on any atom is -0.481 e. The van der Waals surface area contributed by atoms with E-state index in [0.717, 1.165) is 38.5 Å². The minimum atomic E-state index is -0.821. The number of hydrogen-bond acceptors (Lipinski definition) is 2. The highest BCUT2D eigenvalue weighted by Gasteiger charge is 2.55. The predicted molar refractivity (Wildman–Crippen MR) is 84.6 cm³/mol. The van der Waals surface area contributed by atoms with Gasteiger partial charge in [-0.2, -0.15) is 0 Å². The molecule has 0 aromatic carbocycles. The summed E-state index contributed by atoms with van der Waals surface area (Å²) in [5, 5.41) is 19.1. The second-order valence-corrected chi connectivity index (χ2v) is 7.62. The van der Waals surface area contributed by atoms with Gasteiger partial charge in [-0.3, -0.25) is 9.59 Å². The normalized spacial score (nSPS) is 34.5. The fourth-order valence-electron chi connectivity index (χ4n) is 5.42. The number of carboxylic acid groups (broad SMARTS) is 2. The van der Waals surface area contributed by atoms with Crippen molar-refractivity contribution in [1.82, 2.24) is 0 Å². The first kappa shape index (κ1) is 17.3. The van der Waals surface area contributed by atoms with Crippen molar-refractivity contribution in [3.8, 4) is 0 Å². The van der Waals surface area contributed by atoms with Gasteiger partial charge in [0.25, 0.3) is 0 Å². The van der Waals surface area contributed by atoms with Crippen molar-refractivity contribution in [2.75, 3.05) is 0 Å². The lowest BCUT2D eigenvalue weighted by Crippen LogP contribution is -2.47. The molecule has 126 valence electrons. The molecule has 2 rings (SSSR count). The summed E-state index contributed by atoms with van der Waals surface area (Å²) in [6, 6.07) is 0. The van der Waals surface area contributed by atoms with Crippen molar-refractivity contribution in [2.24, 2.45) is 29.1 Å². The monoisotopic (exact) mass is 310 g/mol. The zero-order chi connectivity index (χ0) is 16.3. The van der Waals surface area contributed by atoms with E-state index in [2.05, 4.69) is 13.8 Å². The third-order valence-corrected chi connectivity index (χ3v) is 6.43. The molecule has 2 fully saturated rings. The van der Waals surface area contributed by atoms with Crippen LogP contribution in [-0.4, -0.2) is 22.2 Å². The largest absolute Gasteiger partial charge is 0.481 e. The van der Waals surface area contributed by atoms with Crippen LogP contribution in [0.4, 0.5) is 0 Å². The zero-order valence-corrected chi connectivity index (χ0v) is 13.9. The predicted octanol–water partition coefficient (Wildman–Crippen LogP) is 4.18. The molecule has 4 nitrogen and oxygen atoms in total. The fraction of sp³-hybridized carbons (Fsp3) is 0.889. The Balaban J connectivity index is 2.30. The molecule has 0 radical (unpaired) electrons. The van der Waals surface area contributed by atoms with Crippen molar-refractivity contribution in [3.05, 3.63) is 0 Å². The highest BCUT2D eigenvalue weighted by atomic mass is 16.4. The van der Waals surface area contributed by atoms with Gasteiger partial charge in [-0.05, 0) is 49.4 Å². The Labute approximate surface area is 133 Å². The highest BCUT2D eigenvalue weighted by molar-refractivity contribution is 5.76. The number of aliphatic carboxylic acids is 2. The summed E-state index contributed by atoms with van der Waals surface area (Å²) in [5.74, 6) is -0.190. The van der Waals surface area contributed by atoms with Crippen molar-refractivity contribution >= 4 is 11.9 Å². The SMILES string of the molecule is CC1CCCC1C(CCCC(=O)O)(C(=O)O)C1CCCC1C. The van der Waals surface area contributed by atoms with Gasteiger partial charge in [0.05, 0.1) is 5.41 Å². The van der Waals surface area contributed by atoms with Crippen molar-refractivity contribution in [3.63, 3.8) is 0 Å². The maximum Gasteiger partial charge on any atom is 0.310 e. The first-order valence-electron chi connectivity index (χ1n) is 8.84. The van der Waals surface area contributed by atoms with Gasteiger partial charge in [0.15, 0.2) is 0 Å². The van der Waals surface area contributed by atoms with Crippen LogP contribution in [0.5, 0.6) is 0 Å². The lowest BCUT2D eigenvalue weighted by molar-refractivity contribution is -0.162. The van der Waals surface area contributed by atoms with Crippen LogP contribution in [-0.2, 0) is 9.59 Å². The van der Waals surface area contributed by atoms with Gasteiger partial charge >= 0.3 is 11.9 Å². The Bertz CT molecular complexity index is 397. The van der Waals surface area contributed by atoms with Gasteiger partial charge < -0.3 is 10.2 Å². The molecular weight excluding hydrogens is 280 g/mol. The van der Waals surface area contributed by atoms with E-state index in [1.807, 2.05) is 0 Å². The third kappa shape index (κ3) is 3.16. The molecule has 4 unspecified atom stereocenters. The van der Waals surface area contributed by atoms with Crippen LogP contribution >= 0.6 is 0 Å². The van der Waals surface area contributed by atoms with Gasteiger partial charge in [0.1, 0.15) is 0 Å². The lowest BCUT2D eigenvalue weighted by Gasteiger charge is -2.44. The van der Waals surface area contributed by atoms with E-state index in [9.17, 15) is 14.7 Å². The summed E-state index contributed by atoms with van der Waals surface area (Å²) in [6.45, 7) is 4.37. The summed E-state index contributed by atoms with van der Waals surface area (Å²) >= 11 is 0. The molecule has 4 atom stereocenters. The first-order valence-corrected chi connectivity index (χ1v) is 8.84. The number of rotatable bonds is 7. The summed E-state index contributed by atoms with van der Waals surface area (Å²) < 4.78 is 0. The van der Waals surface area contributed by atoms with Crippen LogP contribution in [0.2, 0.25) is 0 Å². The highest BCUT2D eigenvalue weighted by Crippen LogP contribution is 2.56. The molecule has 22 heavy (non-hydrogen) atoms. The Morgan fingerprint density at radius 1 is 0.955 bits per heavy atom. The smallest absolute Gasteiger partial charge is 0.310 e. The molecule has 0 heterocycles. The number of carboxylic acids is 2. The second-order valence-electron chi connectivity index (χ2n) is 7.62. The Morgan fingerprint density at radius 3 is 1.77 bits per heavy atom. The molecule has 0 spiro atoms. The Morgan fingerprint density at radius 2 is 1.45 bits per heavy atom. The fourth-order valence-corrected chi connectivity index (χ4v) is 5.42. The van der Waals surface area contributed by atoms with Gasteiger partial charge in [-0.1, -0.05) is 39.5 Å². The molecule has 0 saturated heterocycles. The van der Waals surface area contributed by atoms with E-state index in [4.69, 9.17) is 5.11 Å². The van der Waals surface area contributed by atoms with Crippen molar-refractivity contribution in [2.45, 2.75) is 71.6 Å². The van der Waals surface area contributed by atoms with Gasteiger partial charge in [0, 0.05) is 6.42 Å². The van der Waals surface area contributed by atoms with Crippen LogP contribution in [0.25, 0.3) is 0 Å². The standard InChI is InChI=1S/C18H30O4/c1-12-6-3-8-14(12)18(17(21)22,11-5-10-16(19)20)15-9-4-7-13(15)2/h12-15H,3-11H2,1-2H3,(H,19,20)(H,21,22). The van der Waals surface area contributed by atoms with E-state index in [1.54, 1.807) is 0 Å². The van der Waals surface area contributed by atoms with E-state index in [-0.39, 0.29) is 18.3 Å². The molecule has 2 N–H and O–H groups in total. The molecule has 2 saturated carbocycles. The van der Waals surface area contributed by atoms with Gasteiger partial charge in [-0.25, -0.2) is 0 Å². The molecular formula is C18H30O4. The molecule has 2 aliphatic carbocycles. The first-order chi connectivity index (χ1) is 10.4. The van der Waals surface area contributed by atoms with E-state index < -0.39 is 17.4 Å². The summed E-state index contributed by atoms with van der Waals surface area (Å²) in [6.07, 6.45) is 7.51. The maximum absolute atomic E-state index is 12.4. The number of hydrogen-bond donors (Lipinski definition) is 2. The van der Waals surface area contributed by atoms with Crippen LogP contribution in [0.1, 0.15) is 71.6 Å². The van der Waals surface area contributed by atoms with Crippen LogP contribution in [0, 0.1) is 29.1 Å². The molecule has 4 heteroatoms. The Kier molecular flexibility index (Phi) is 5.51. The summed E-state index contributed by atoms with van der Waals surface area (Å²) in [4.78, 5) is 23.3. The van der Waals surface area contributed by atoms with E-state index >= 15 is 0 Å². The van der Waals surface area contributed by atoms with Crippen molar-refractivity contribution < 1.29 is 19.8 Å². The molecule has 0 aliphatic heterocycles. The summed E-state index contributed by atoms with van der Waals surface area (Å²) in [7, 11) is 0. The topological polar surface area (TPSA) is 74.6 Å². The van der Waals surface area contributed by atoms with Crippen LogP contribution < -0.4 is 0 Å². The van der Waals surface area contributed by atoms with Crippen LogP contribution in [0.3, 0.4) is 0 Å². The van der Waals surface area contributed by atoms with Gasteiger partial charge in [-0.15, -0.1) is 0 Å². The molecule has 0 bridgehead atoms. The van der Waals surface area contributed by atoms with Crippen molar-refractivity contribution in [1.29, 1.82) is 0 Å². The Hall–Kier alpha value is -1.06. The van der Waals surface area contributed by atoms with Gasteiger partial charge in [0.2, 0.25) is 0 Å².